The molecule has 0 aliphatic carbocycles. The number of aryl methyl sites for hydroxylation is 1. The van der Waals surface area contributed by atoms with Crippen LogP contribution in [0.15, 0.2) is 64.1 Å². The number of aromatic nitrogens is 1. The molecule has 0 radical (unpaired) electrons. The second-order valence-corrected chi connectivity index (χ2v) is 6.98. The number of rotatable bonds is 4. The molecule has 0 aliphatic rings. The van der Waals surface area contributed by atoms with E-state index in [0.29, 0.717) is 33.1 Å². The predicted molar refractivity (Wildman–Crippen MR) is 114 cm³/mol. The summed E-state index contributed by atoms with van der Waals surface area (Å²) in [6.07, 6.45) is 3.41. The van der Waals surface area contributed by atoms with Crippen LogP contribution in [0.1, 0.15) is 5.56 Å². The number of halogens is 1. The number of fused-ring (bicyclic) bond motifs is 1. The number of ether oxygens (including phenoxy) is 2. The zero-order chi connectivity index (χ0) is 20.5. The van der Waals surface area contributed by atoms with E-state index in [2.05, 4.69) is 4.98 Å². The number of hydrogen-bond donors (Lipinski definition) is 0. The quantitative estimate of drug-likeness (QED) is 0.447. The molecule has 0 aliphatic heterocycles. The molecule has 0 atom stereocenters. The monoisotopic (exact) mass is 407 g/mol. The van der Waals surface area contributed by atoms with Crippen molar-refractivity contribution in [2.24, 2.45) is 0 Å². The van der Waals surface area contributed by atoms with Crippen molar-refractivity contribution >= 4 is 22.6 Å². The fraction of sp³-hybridized carbons (Fsp3) is 0.130. The summed E-state index contributed by atoms with van der Waals surface area (Å²) in [5, 5.41) is 0.866. The molecule has 5 nitrogen and oxygen atoms in total. The molecule has 29 heavy (non-hydrogen) atoms. The van der Waals surface area contributed by atoms with Crippen molar-refractivity contribution in [3.05, 3.63) is 75.7 Å². The van der Waals surface area contributed by atoms with Crippen molar-refractivity contribution in [1.29, 1.82) is 0 Å². The first-order valence-corrected chi connectivity index (χ1v) is 9.31. The van der Waals surface area contributed by atoms with E-state index in [1.165, 1.54) is 7.11 Å². The van der Waals surface area contributed by atoms with Crippen LogP contribution in [0.3, 0.4) is 0 Å². The van der Waals surface area contributed by atoms with Crippen LogP contribution in [0.2, 0.25) is 5.02 Å². The van der Waals surface area contributed by atoms with Crippen molar-refractivity contribution in [3.8, 4) is 33.9 Å². The molecular weight excluding hydrogens is 390 g/mol. The second-order valence-electron chi connectivity index (χ2n) is 6.57. The predicted octanol–water partition coefficient (Wildman–Crippen LogP) is 5.50. The Hall–Kier alpha value is -3.31. The summed E-state index contributed by atoms with van der Waals surface area (Å²) < 4.78 is 16.9. The number of benzene rings is 2. The summed E-state index contributed by atoms with van der Waals surface area (Å²) in [5.74, 6) is 0.976. The zero-order valence-electron chi connectivity index (χ0n) is 16.2. The lowest BCUT2D eigenvalue weighted by Gasteiger charge is -2.13. The van der Waals surface area contributed by atoms with Gasteiger partial charge in [0.25, 0.3) is 0 Å². The molecule has 0 saturated carbocycles. The van der Waals surface area contributed by atoms with E-state index in [0.717, 1.165) is 16.7 Å². The van der Waals surface area contributed by atoms with Gasteiger partial charge in [-0.25, -0.2) is 0 Å². The van der Waals surface area contributed by atoms with Gasteiger partial charge in [0.15, 0.2) is 5.76 Å². The molecule has 2 aromatic heterocycles. The third kappa shape index (κ3) is 3.34. The van der Waals surface area contributed by atoms with Crippen LogP contribution in [0.5, 0.6) is 11.5 Å². The zero-order valence-corrected chi connectivity index (χ0v) is 16.9. The van der Waals surface area contributed by atoms with Crippen molar-refractivity contribution in [1.82, 2.24) is 4.98 Å². The summed E-state index contributed by atoms with van der Waals surface area (Å²) in [6.45, 7) is 1.94. The molecule has 0 spiro atoms. The molecular formula is C23H18ClNO4. The van der Waals surface area contributed by atoms with Crippen molar-refractivity contribution in [2.75, 3.05) is 14.2 Å². The van der Waals surface area contributed by atoms with Crippen LogP contribution in [-0.2, 0) is 0 Å². The number of nitrogens with zero attached hydrogens (tertiary/aromatic N) is 1. The minimum Gasteiger partial charge on any atom is -0.495 e. The Morgan fingerprint density at radius 3 is 2.38 bits per heavy atom. The summed E-state index contributed by atoms with van der Waals surface area (Å²) >= 11 is 6.29. The van der Waals surface area contributed by atoms with E-state index >= 15 is 0 Å². The minimum absolute atomic E-state index is 0.130. The first kappa shape index (κ1) is 19.0. The lowest BCUT2D eigenvalue weighted by Crippen LogP contribution is -2.08. The Bertz CT molecular complexity index is 1270. The SMILES string of the molecule is COc1ccc(-c2oc3c(-c4ccncc4)cc(C)cc3c(=O)c2OC)cc1Cl. The van der Waals surface area contributed by atoms with E-state index < -0.39 is 0 Å². The summed E-state index contributed by atoms with van der Waals surface area (Å²) in [5.41, 5.74) is 3.51. The largest absolute Gasteiger partial charge is 0.495 e. The maximum absolute atomic E-state index is 13.2. The van der Waals surface area contributed by atoms with Crippen LogP contribution in [-0.4, -0.2) is 19.2 Å². The minimum atomic E-state index is -0.241. The normalized spacial score (nSPS) is 10.9. The highest BCUT2D eigenvalue weighted by molar-refractivity contribution is 6.32. The average molecular weight is 408 g/mol. The van der Waals surface area contributed by atoms with Gasteiger partial charge in [0.05, 0.1) is 24.6 Å². The van der Waals surface area contributed by atoms with Crippen LogP contribution in [0, 0.1) is 6.92 Å². The summed E-state index contributed by atoms with van der Waals surface area (Å²) in [7, 11) is 2.99. The molecule has 0 amide bonds. The van der Waals surface area contributed by atoms with Crippen molar-refractivity contribution in [2.45, 2.75) is 6.92 Å². The fourth-order valence-electron chi connectivity index (χ4n) is 3.35. The Balaban J connectivity index is 2.07. The molecule has 0 bridgehead atoms. The maximum Gasteiger partial charge on any atom is 0.235 e. The van der Waals surface area contributed by atoms with Gasteiger partial charge >= 0.3 is 0 Å². The second kappa shape index (κ2) is 7.60. The fourth-order valence-corrected chi connectivity index (χ4v) is 3.61. The van der Waals surface area contributed by atoms with Gasteiger partial charge in [-0.1, -0.05) is 11.6 Å². The lowest BCUT2D eigenvalue weighted by atomic mass is 10.00. The standard InChI is InChI=1S/C23H18ClNO4/c1-13-10-16(14-6-8-25-9-7-14)22-17(11-13)20(26)23(28-3)21(29-22)15-4-5-19(27-2)18(24)12-15/h4-12H,1-3H3. The van der Waals surface area contributed by atoms with Gasteiger partial charge in [0, 0.05) is 23.5 Å². The Kier molecular flexibility index (Phi) is 4.99. The van der Waals surface area contributed by atoms with E-state index in [4.69, 9.17) is 25.5 Å². The van der Waals surface area contributed by atoms with E-state index in [1.54, 1.807) is 43.8 Å². The van der Waals surface area contributed by atoms with Crippen molar-refractivity contribution in [3.63, 3.8) is 0 Å². The summed E-state index contributed by atoms with van der Waals surface area (Å²) in [4.78, 5) is 17.3. The van der Waals surface area contributed by atoms with Crippen molar-refractivity contribution < 1.29 is 13.9 Å². The van der Waals surface area contributed by atoms with Crippen LogP contribution < -0.4 is 14.9 Å². The van der Waals surface area contributed by atoms with Gasteiger partial charge in [0.1, 0.15) is 11.3 Å². The Morgan fingerprint density at radius 2 is 1.72 bits per heavy atom. The van der Waals surface area contributed by atoms with Gasteiger partial charge in [-0.05, 0) is 60.5 Å². The van der Waals surface area contributed by atoms with Gasteiger partial charge in [-0.3, -0.25) is 9.78 Å². The highest BCUT2D eigenvalue weighted by Crippen LogP contribution is 2.38. The van der Waals surface area contributed by atoms with Crippen LogP contribution in [0.4, 0.5) is 0 Å². The van der Waals surface area contributed by atoms with Crippen LogP contribution in [0.25, 0.3) is 33.4 Å². The highest BCUT2D eigenvalue weighted by Gasteiger charge is 2.20. The first-order valence-electron chi connectivity index (χ1n) is 8.93. The molecule has 146 valence electrons. The molecule has 4 aromatic rings. The topological polar surface area (TPSA) is 61.6 Å². The molecule has 0 fully saturated rings. The molecule has 4 rings (SSSR count). The van der Waals surface area contributed by atoms with Crippen LogP contribution >= 0.6 is 11.6 Å². The molecule has 6 heteroatoms. The smallest absolute Gasteiger partial charge is 0.235 e. The number of pyridine rings is 1. The number of hydrogen-bond acceptors (Lipinski definition) is 5. The Labute approximate surface area is 172 Å². The van der Waals surface area contributed by atoms with Gasteiger partial charge in [0.2, 0.25) is 11.2 Å². The molecule has 0 N–H and O–H groups in total. The average Bonchev–Trinajstić information content (AvgIpc) is 2.74. The van der Waals surface area contributed by atoms with Gasteiger partial charge in [-0.2, -0.15) is 0 Å². The van der Waals surface area contributed by atoms with E-state index in [9.17, 15) is 4.79 Å². The molecule has 2 heterocycles. The Morgan fingerprint density at radius 1 is 0.966 bits per heavy atom. The lowest BCUT2D eigenvalue weighted by molar-refractivity contribution is 0.398. The number of methoxy groups -OCH3 is 2. The highest BCUT2D eigenvalue weighted by atomic mass is 35.5. The first-order chi connectivity index (χ1) is 14.0. The molecule has 0 saturated heterocycles. The third-order valence-electron chi connectivity index (χ3n) is 4.70. The van der Waals surface area contributed by atoms with Gasteiger partial charge in [-0.15, -0.1) is 0 Å². The maximum atomic E-state index is 13.2. The van der Waals surface area contributed by atoms with E-state index in [1.807, 2.05) is 25.1 Å². The summed E-state index contributed by atoms with van der Waals surface area (Å²) in [6, 6.07) is 12.7. The van der Waals surface area contributed by atoms with E-state index in [-0.39, 0.29) is 11.2 Å². The molecule has 0 unspecified atom stereocenters. The molecule has 2 aromatic carbocycles. The van der Waals surface area contributed by atoms with Gasteiger partial charge < -0.3 is 13.9 Å². The third-order valence-corrected chi connectivity index (χ3v) is 5.00.